The van der Waals surface area contributed by atoms with Gasteiger partial charge in [0.15, 0.2) is 0 Å². The molecule has 1 heterocycles. The molecule has 0 fully saturated rings. The third kappa shape index (κ3) is 4.82. The van der Waals surface area contributed by atoms with Crippen LogP contribution in [0.2, 0.25) is 0 Å². The van der Waals surface area contributed by atoms with Crippen molar-refractivity contribution in [2.75, 3.05) is 39.5 Å². The first-order chi connectivity index (χ1) is 8.13. The molecular weight excluding hydrogens is 216 g/mol. The van der Waals surface area contributed by atoms with Gasteiger partial charge in [0, 0.05) is 25.5 Å². The summed E-state index contributed by atoms with van der Waals surface area (Å²) in [6.07, 6.45) is 2.56. The number of nitrogens with one attached hydrogen (secondary N) is 2. The van der Waals surface area contributed by atoms with Gasteiger partial charge in [-0.1, -0.05) is 0 Å². The van der Waals surface area contributed by atoms with Gasteiger partial charge < -0.3 is 15.5 Å². The maximum absolute atomic E-state index is 11.7. The molecule has 0 aromatic carbocycles. The highest BCUT2D eigenvalue weighted by Crippen LogP contribution is 2.06. The Morgan fingerprint density at radius 2 is 2.24 bits per heavy atom. The Hall–Kier alpha value is -1.62. The average molecular weight is 236 g/mol. The van der Waals surface area contributed by atoms with E-state index in [1.54, 1.807) is 12.3 Å². The summed E-state index contributed by atoms with van der Waals surface area (Å²) in [6.45, 7) is 1.63. The number of carbonyl (C=O) groups is 1. The lowest BCUT2D eigenvalue weighted by Gasteiger charge is -2.09. The third-order valence-corrected chi connectivity index (χ3v) is 2.35. The third-order valence-electron chi connectivity index (χ3n) is 2.35. The fourth-order valence-electron chi connectivity index (χ4n) is 1.40. The van der Waals surface area contributed by atoms with E-state index in [0.717, 1.165) is 18.7 Å². The first kappa shape index (κ1) is 13.4. The van der Waals surface area contributed by atoms with Crippen LogP contribution < -0.4 is 10.6 Å². The van der Waals surface area contributed by atoms with E-state index < -0.39 is 0 Å². The lowest BCUT2D eigenvalue weighted by Crippen LogP contribution is -2.27. The van der Waals surface area contributed by atoms with Crippen LogP contribution in [0.25, 0.3) is 0 Å². The number of carbonyl (C=O) groups excluding carboxylic acids is 1. The zero-order valence-electron chi connectivity index (χ0n) is 10.7. The van der Waals surface area contributed by atoms with Crippen LogP contribution in [0.3, 0.4) is 0 Å². The molecule has 5 nitrogen and oxygen atoms in total. The maximum atomic E-state index is 11.7. The summed E-state index contributed by atoms with van der Waals surface area (Å²) < 4.78 is 0. The van der Waals surface area contributed by atoms with Crippen molar-refractivity contribution in [3.8, 4) is 0 Å². The highest BCUT2D eigenvalue weighted by atomic mass is 16.1. The molecule has 0 aliphatic heterocycles. The van der Waals surface area contributed by atoms with E-state index in [-0.39, 0.29) is 5.91 Å². The summed E-state index contributed by atoms with van der Waals surface area (Å²) in [5, 5.41) is 5.83. The van der Waals surface area contributed by atoms with E-state index in [2.05, 4.69) is 20.5 Å². The van der Waals surface area contributed by atoms with E-state index in [9.17, 15) is 4.79 Å². The highest BCUT2D eigenvalue weighted by molar-refractivity contribution is 5.93. The molecule has 0 aliphatic carbocycles. The number of pyridine rings is 1. The Kier molecular flexibility index (Phi) is 5.42. The standard InChI is InChI=1S/C12H20N4O/c1-13-10-5-7-14-11(9-10)12(17)15-6-4-8-16(2)3/h5,7,9H,4,6,8H2,1-3H3,(H,13,14)(H,15,17). The van der Waals surface area contributed by atoms with E-state index in [0.29, 0.717) is 12.2 Å². The van der Waals surface area contributed by atoms with Crippen LogP contribution in [0, 0.1) is 0 Å². The van der Waals surface area contributed by atoms with Crippen molar-refractivity contribution in [1.82, 2.24) is 15.2 Å². The zero-order valence-corrected chi connectivity index (χ0v) is 10.7. The number of aromatic nitrogens is 1. The minimum Gasteiger partial charge on any atom is -0.388 e. The summed E-state index contributed by atoms with van der Waals surface area (Å²) in [5.74, 6) is -0.124. The van der Waals surface area contributed by atoms with Crippen molar-refractivity contribution >= 4 is 11.6 Å². The average Bonchev–Trinajstić information content (AvgIpc) is 2.34. The summed E-state index contributed by atoms with van der Waals surface area (Å²) in [7, 11) is 5.84. The van der Waals surface area contributed by atoms with Gasteiger partial charge in [-0.2, -0.15) is 0 Å². The largest absolute Gasteiger partial charge is 0.388 e. The smallest absolute Gasteiger partial charge is 0.269 e. The van der Waals surface area contributed by atoms with Gasteiger partial charge in [0.25, 0.3) is 5.91 Å². The lowest BCUT2D eigenvalue weighted by molar-refractivity contribution is 0.0947. The molecule has 0 saturated carbocycles. The van der Waals surface area contributed by atoms with Crippen LogP contribution in [-0.4, -0.2) is 50.0 Å². The predicted molar refractivity (Wildman–Crippen MR) is 69.3 cm³/mol. The lowest BCUT2D eigenvalue weighted by atomic mass is 10.3. The molecule has 2 N–H and O–H groups in total. The highest BCUT2D eigenvalue weighted by Gasteiger charge is 2.06. The summed E-state index contributed by atoms with van der Waals surface area (Å²) in [5.41, 5.74) is 1.33. The van der Waals surface area contributed by atoms with Gasteiger partial charge in [-0.05, 0) is 39.2 Å². The van der Waals surface area contributed by atoms with Crippen LogP contribution in [0.15, 0.2) is 18.3 Å². The van der Waals surface area contributed by atoms with Crippen molar-refractivity contribution in [1.29, 1.82) is 0 Å². The number of nitrogens with zero attached hydrogens (tertiary/aromatic N) is 2. The molecule has 94 valence electrons. The van der Waals surface area contributed by atoms with Gasteiger partial charge in [-0.3, -0.25) is 9.78 Å². The summed E-state index contributed by atoms with van der Waals surface area (Å²) >= 11 is 0. The van der Waals surface area contributed by atoms with Gasteiger partial charge in [-0.25, -0.2) is 0 Å². The van der Waals surface area contributed by atoms with E-state index in [1.165, 1.54) is 0 Å². The molecule has 0 radical (unpaired) electrons. The second-order valence-electron chi connectivity index (χ2n) is 4.09. The van der Waals surface area contributed by atoms with Gasteiger partial charge in [-0.15, -0.1) is 0 Å². The molecule has 1 rings (SSSR count). The topological polar surface area (TPSA) is 57.3 Å². The van der Waals surface area contributed by atoms with Gasteiger partial charge >= 0.3 is 0 Å². The summed E-state index contributed by atoms with van der Waals surface area (Å²) in [6, 6.07) is 3.56. The molecule has 1 amide bonds. The first-order valence-electron chi connectivity index (χ1n) is 5.70. The van der Waals surface area contributed by atoms with E-state index >= 15 is 0 Å². The Morgan fingerprint density at radius 3 is 2.88 bits per heavy atom. The Bertz CT molecular complexity index is 365. The van der Waals surface area contributed by atoms with Crippen LogP contribution in [0.4, 0.5) is 5.69 Å². The zero-order chi connectivity index (χ0) is 12.7. The van der Waals surface area contributed by atoms with Crippen LogP contribution in [-0.2, 0) is 0 Å². The van der Waals surface area contributed by atoms with Crippen molar-refractivity contribution in [3.63, 3.8) is 0 Å². The fourth-order valence-corrected chi connectivity index (χ4v) is 1.40. The number of hydrogen-bond acceptors (Lipinski definition) is 4. The van der Waals surface area contributed by atoms with E-state index in [1.807, 2.05) is 27.2 Å². The van der Waals surface area contributed by atoms with Gasteiger partial charge in [0.1, 0.15) is 5.69 Å². The van der Waals surface area contributed by atoms with Crippen molar-refractivity contribution in [3.05, 3.63) is 24.0 Å². The molecule has 5 heteroatoms. The van der Waals surface area contributed by atoms with E-state index in [4.69, 9.17) is 0 Å². The van der Waals surface area contributed by atoms with Crippen molar-refractivity contribution in [2.45, 2.75) is 6.42 Å². The number of amides is 1. The molecule has 1 aromatic heterocycles. The summed E-state index contributed by atoms with van der Waals surface area (Å²) in [4.78, 5) is 17.9. The monoisotopic (exact) mass is 236 g/mol. The van der Waals surface area contributed by atoms with Crippen molar-refractivity contribution < 1.29 is 4.79 Å². The molecule has 0 atom stereocenters. The SMILES string of the molecule is CNc1ccnc(C(=O)NCCCN(C)C)c1. The van der Waals surface area contributed by atoms with Crippen LogP contribution in [0.1, 0.15) is 16.9 Å². The molecule has 0 bridgehead atoms. The number of rotatable bonds is 6. The second kappa shape index (κ2) is 6.85. The van der Waals surface area contributed by atoms with Crippen LogP contribution in [0.5, 0.6) is 0 Å². The maximum Gasteiger partial charge on any atom is 0.269 e. The first-order valence-corrected chi connectivity index (χ1v) is 5.70. The molecule has 0 aliphatic rings. The molecule has 1 aromatic rings. The molecule has 0 spiro atoms. The normalized spacial score (nSPS) is 10.4. The minimum atomic E-state index is -0.124. The second-order valence-corrected chi connectivity index (χ2v) is 4.09. The Balaban J connectivity index is 2.41. The molecular formula is C12H20N4O. The quantitative estimate of drug-likeness (QED) is 0.718. The predicted octanol–water partition coefficient (Wildman–Crippen LogP) is 0.805. The molecule has 17 heavy (non-hydrogen) atoms. The van der Waals surface area contributed by atoms with Crippen LogP contribution >= 0.6 is 0 Å². The molecule has 0 saturated heterocycles. The molecule has 0 unspecified atom stereocenters. The Morgan fingerprint density at radius 1 is 1.47 bits per heavy atom. The number of anilines is 1. The van der Waals surface area contributed by atoms with Gasteiger partial charge in [0.2, 0.25) is 0 Å². The van der Waals surface area contributed by atoms with Gasteiger partial charge in [0.05, 0.1) is 0 Å². The minimum absolute atomic E-state index is 0.124. The number of hydrogen-bond donors (Lipinski definition) is 2. The van der Waals surface area contributed by atoms with Crippen molar-refractivity contribution in [2.24, 2.45) is 0 Å². The fraction of sp³-hybridized carbons (Fsp3) is 0.500. The Labute approximate surface area is 102 Å².